The van der Waals surface area contributed by atoms with Gasteiger partial charge in [-0.1, -0.05) is 13.0 Å². The number of fused-ring (bicyclic) bond motifs is 1. The standard InChI is InChI=1S/C32H41N3O13S/c1-15(2)47-31(41)45-13-43-29(39)19-8-7-9-20(10-19)34-27(37)22-11-21(12-33-22)49-26-17(5)24-23(18(6)36)28(38)35(24)25(26)30(40)44-14-46-32(42)48-16(3)4/h7-10,15-18,21-24,33,36H,11-14H2,1-6H3,(H,34,37)/t17-,18-,21+,22+,23-,24-/m1/s1. The van der Waals surface area contributed by atoms with Crippen molar-refractivity contribution in [1.82, 2.24) is 10.2 Å². The van der Waals surface area contributed by atoms with Crippen molar-refractivity contribution in [3.05, 3.63) is 40.4 Å². The van der Waals surface area contributed by atoms with Crippen LogP contribution in [0.25, 0.3) is 0 Å². The minimum absolute atomic E-state index is 0.0176. The van der Waals surface area contributed by atoms with Crippen LogP contribution in [0.1, 0.15) is 58.3 Å². The Kier molecular flexibility index (Phi) is 12.5. The third-order valence-corrected chi connectivity index (χ3v) is 9.28. The Balaban J connectivity index is 1.37. The number of aliphatic hydroxyl groups excluding tert-OH is 1. The summed E-state index contributed by atoms with van der Waals surface area (Å²) in [5, 5.41) is 16.0. The van der Waals surface area contributed by atoms with Gasteiger partial charge < -0.3 is 49.1 Å². The molecule has 0 bridgehead atoms. The van der Waals surface area contributed by atoms with Crippen LogP contribution in [-0.2, 0) is 42.8 Å². The zero-order chi connectivity index (χ0) is 36.0. The minimum Gasteiger partial charge on any atom is -0.431 e. The summed E-state index contributed by atoms with van der Waals surface area (Å²) < 4.78 is 29.3. The van der Waals surface area contributed by atoms with Crippen molar-refractivity contribution < 1.29 is 62.3 Å². The van der Waals surface area contributed by atoms with Crippen LogP contribution < -0.4 is 10.6 Å². The van der Waals surface area contributed by atoms with Gasteiger partial charge in [-0.15, -0.1) is 11.8 Å². The van der Waals surface area contributed by atoms with Gasteiger partial charge in [-0.2, -0.15) is 0 Å². The number of β-lactam (4-membered cyclic amide) rings is 1. The number of esters is 2. The molecule has 6 atom stereocenters. The maximum Gasteiger partial charge on any atom is 0.511 e. The van der Waals surface area contributed by atoms with Gasteiger partial charge >= 0.3 is 24.2 Å². The molecule has 1 aromatic carbocycles. The fourth-order valence-corrected chi connectivity index (χ4v) is 7.14. The van der Waals surface area contributed by atoms with Crippen LogP contribution in [0.15, 0.2) is 34.9 Å². The molecule has 1 aromatic rings. The molecule has 2 amide bonds. The second-order valence-corrected chi connectivity index (χ2v) is 13.5. The monoisotopic (exact) mass is 707 g/mol. The number of thioether (sulfide) groups is 1. The summed E-state index contributed by atoms with van der Waals surface area (Å²) in [6, 6.07) is 4.97. The van der Waals surface area contributed by atoms with Crippen molar-refractivity contribution in [2.45, 2.75) is 83.6 Å². The van der Waals surface area contributed by atoms with Gasteiger partial charge in [0.1, 0.15) is 5.70 Å². The van der Waals surface area contributed by atoms with E-state index in [4.69, 9.17) is 28.4 Å². The van der Waals surface area contributed by atoms with Crippen LogP contribution in [0.3, 0.4) is 0 Å². The maximum atomic E-state index is 13.2. The SMILES string of the molecule is CC(C)OC(=O)OCOC(=O)C1=C(S[C@@H]2CN[C@H](C(=O)Nc3cccc(C(=O)OCOC(=O)OC(C)C)c3)C2)[C@H](C)[C@@H]2[C@@H]([C@@H](C)O)C(=O)N12. The molecule has 49 heavy (non-hydrogen) atoms. The molecule has 2 fully saturated rings. The molecule has 0 aromatic heterocycles. The molecule has 0 radical (unpaired) electrons. The van der Waals surface area contributed by atoms with E-state index in [0.717, 1.165) is 0 Å². The highest BCUT2D eigenvalue weighted by Crippen LogP contribution is 2.52. The molecule has 3 aliphatic heterocycles. The Morgan fingerprint density at radius 3 is 2.16 bits per heavy atom. The van der Waals surface area contributed by atoms with Gasteiger partial charge in [-0.05, 0) is 59.2 Å². The quantitative estimate of drug-likeness (QED) is 0.117. The molecular formula is C32H41N3O13S. The summed E-state index contributed by atoms with van der Waals surface area (Å²) in [7, 11) is 0. The van der Waals surface area contributed by atoms with Crippen LogP contribution in [0.4, 0.5) is 15.3 Å². The van der Waals surface area contributed by atoms with Gasteiger partial charge in [0.25, 0.3) is 0 Å². The summed E-state index contributed by atoms with van der Waals surface area (Å²) in [5.41, 5.74) is 0.468. The van der Waals surface area contributed by atoms with Crippen LogP contribution in [0, 0.1) is 11.8 Å². The van der Waals surface area contributed by atoms with E-state index in [0.29, 0.717) is 23.6 Å². The van der Waals surface area contributed by atoms with Crippen LogP contribution >= 0.6 is 11.8 Å². The number of nitrogens with zero attached hydrogens (tertiary/aromatic N) is 1. The summed E-state index contributed by atoms with van der Waals surface area (Å²) in [6.45, 7) is 8.96. The van der Waals surface area contributed by atoms with E-state index in [1.54, 1.807) is 39.8 Å². The van der Waals surface area contributed by atoms with Crippen molar-refractivity contribution in [2.24, 2.45) is 11.8 Å². The number of hydrogen-bond acceptors (Lipinski definition) is 15. The van der Waals surface area contributed by atoms with Crippen LogP contribution in [0.2, 0.25) is 0 Å². The first kappa shape index (κ1) is 37.5. The molecule has 4 rings (SSSR count). The number of benzene rings is 1. The number of nitrogens with one attached hydrogen (secondary N) is 2. The predicted molar refractivity (Wildman–Crippen MR) is 171 cm³/mol. The van der Waals surface area contributed by atoms with E-state index in [-0.39, 0.29) is 28.3 Å². The number of hydrogen-bond donors (Lipinski definition) is 3. The number of amides is 2. The second kappa shape index (κ2) is 16.4. The van der Waals surface area contributed by atoms with Gasteiger partial charge in [0.2, 0.25) is 25.4 Å². The first-order valence-electron chi connectivity index (χ1n) is 15.7. The Hall–Kier alpha value is -4.35. The number of ether oxygens (including phenoxy) is 6. The molecule has 3 aliphatic rings. The number of anilines is 1. The zero-order valence-electron chi connectivity index (χ0n) is 28.0. The Morgan fingerprint density at radius 1 is 0.959 bits per heavy atom. The van der Waals surface area contributed by atoms with Gasteiger partial charge in [-0.25, -0.2) is 19.2 Å². The minimum atomic E-state index is -1.01. The molecule has 0 aliphatic carbocycles. The van der Waals surface area contributed by atoms with Crippen molar-refractivity contribution in [1.29, 1.82) is 0 Å². The van der Waals surface area contributed by atoms with Crippen LogP contribution in [0.5, 0.6) is 0 Å². The fourth-order valence-electron chi connectivity index (χ4n) is 5.66. The zero-order valence-corrected chi connectivity index (χ0v) is 28.8. The topological polar surface area (TPSA) is 205 Å². The summed E-state index contributed by atoms with van der Waals surface area (Å²) in [4.78, 5) is 76.9. The van der Waals surface area contributed by atoms with Crippen molar-refractivity contribution in [3.8, 4) is 0 Å². The van der Waals surface area contributed by atoms with Crippen LogP contribution in [-0.4, -0.2) is 102 Å². The molecule has 16 nitrogen and oxygen atoms in total. The molecule has 17 heteroatoms. The lowest BCUT2D eigenvalue weighted by Gasteiger charge is -2.46. The third kappa shape index (κ3) is 9.21. The van der Waals surface area contributed by atoms with E-state index in [1.807, 2.05) is 6.92 Å². The molecule has 0 spiro atoms. The molecular weight excluding hydrogens is 666 g/mol. The van der Waals surface area contributed by atoms with E-state index in [2.05, 4.69) is 10.6 Å². The Labute approximate surface area is 287 Å². The highest BCUT2D eigenvalue weighted by Gasteiger charge is 2.60. The van der Waals surface area contributed by atoms with Crippen molar-refractivity contribution in [2.75, 3.05) is 25.4 Å². The fraction of sp³-hybridized carbons (Fsp3) is 0.562. The average Bonchev–Trinajstić information content (AvgIpc) is 3.57. The molecule has 2 saturated heterocycles. The van der Waals surface area contributed by atoms with Crippen molar-refractivity contribution in [3.63, 3.8) is 0 Å². The van der Waals surface area contributed by atoms with Gasteiger partial charge in [0.15, 0.2) is 0 Å². The molecule has 0 unspecified atom stereocenters. The average molecular weight is 708 g/mol. The lowest BCUT2D eigenvalue weighted by atomic mass is 9.79. The third-order valence-electron chi connectivity index (χ3n) is 7.77. The summed E-state index contributed by atoms with van der Waals surface area (Å²) in [5.74, 6) is -3.44. The van der Waals surface area contributed by atoms with E-state index in [9.17, 15) is 33.9 Å². The number of rotatable bonds is 13. The Bertz CT molecular complexity index is 1480. The summed E-state index contributed by atoms with van der Waals surface area (Å²) in [6.07, 6.45) is -3.39. The first-order chi connectivity index (χ1) is 23.2. The van der Waals surface area contributed by atoms with E-state index in [1.165, 1.54) is 35.7 Å². The molecule has 0 saturated carbocycles. The predicted octanol–water partition coefficient (Wildman–Crippen LogP) is 2.90. The van der Waals surface area contributed by atoms with Gasteiger partial charge in [-0.3, -0.25) is 9.59 Å². The molecule has 268 valence electrons. The Morgan fingerprint density at radius 2 is 1.57 bits per heavy atom. The van der Waals surface area contributed by atoms with E-state index >= 15 is 0 Å². The lowest BCUT2D eigenvalue weighted by molar-refractivity contribution is -0.166. The molecule has 3 N–H and O–H groups in total. The first-order valence-corrected chi connectivity index (χ1v) is 16.6. The largest absolute Gasteiger partial charge is 0.511 e. The lowest BCUT2D eigenvalue weighted by Crippen LogP contribution is -2.63. The highest BCUT2D eigenvalue weighted by molar-refractivity contribution is 8.03. The molecule has 3 heterocycles. The number of aliphatic hydroxyl groups is 1. The number of carbonyl (C=O) groups is 6. The van der Waals surface area contributed by atoms with Gasteiger partial charge in [0, 0.05) is 28.3 Å². The van der Waals surface area contributed by atoms with E-state index < -0.39 is 80.1 Å². The highest BCUT2D eigenvalue weighted by atomic mass is 32.2. The number of carbonyl (C=O) groups excluding carboxylic acids is 6. The maximum absolute atomic E-state index is 13.2. The normalized spacial score (nSPS) is 23.4. The second-order valence-electron chi connectivity index (χ2n) is 12.2. The summed E-state index contributed by atoms with van der Waals surface area (Å²) >= 11 is 1.34. The smallest absolute Gasteiger partial charge is 0.431 e. The van der Waals surface area contributed by atoms with Gasteiger partial charge in [0.05, 0.1) is 41.9 Å². The van der Waals surface area contributed by atoms with Crippen molar-refractivity contribution >= 4 is 53.5 Å².